The van der Waals surface area contributed by atoms with E-state index < -0.39 is 28.5 Å². The number of nitrogens with zero attached hydrogens (tertiary/aromatic N) is 3. The molecule has 0 atom stereocenters. The van der Waals surface area contributed by atoms with Gasteiger partial charge in [-0.2, -0.15) is 13.2 Å². The molecule has 10 heteroatoms. The van der Waals surface area contributed by atoms with Crippen LogP contribution in [0.15, 0.2) is 48.9 Å². The molecule has 1 fully saturated rings. The zero-order valence-electron chi connectivity index (χ0n) is 19.0. The van der Waals surface area contributed by atoms with Crippen molar-refractivity contribution in [2.75, 3.05) is 0 Å². The van der Waals surface area contributed by atoms with Crippen LogP contribution in [0.25, 0.3) is 5.65 Å². The number of alkyl halides is 3. The van der Waals surface area contributed by atoms with Gasteiger partial charge < -0.3 is 18.8 Å². The lowest BCUT2D eigenvalue weighted by Gasteiger charge is -2.43. The van der Waals surface area contributed by atoms with E-state index in [9.17, 15) is 18.0 Å². The molecule has 1 amide bonds. The molecule has 6 nitrogen and oxygen atoms in total. The van der Waals surface area contributed by atoms with Crippen LogP contribution in [0.2, 0.25) is 5.02 Å². The third-order valence-electron chi connectivity index (χ3n) is 5.54. The van der Waals surface area contributed by atoms with E-state index in [1.807, 2.05) is 28.9 Å². The molecule has 0 radical (unpaired) electrons. The number of hydrogen-bond donors (Lipinski definition) is 0. The molecule has 0 aliphatic heterocycles. The molecule has 1 aromatic carbocycles. The second-order valence-electron chi connectivity index (χ2n) is 9.28. The average molecular weight is 496 g/mol. The van der Waals surface area contributed by atoms with Crippen molar-refractivity contribution in [3.8, 4) is 5.75 Å². The third kappa shape index (κ3) is 5.24. The SMILES string of the molecule is CC(C)(C)OC(=O)N(Cc1cccn2ccnc12)[C@H]1C[C@@H](Oc2cccc(C(F)(F)F)c2Cl)C1. The zero-order valence-corrected chi connectivity index (χ0v) is 19.7. The maximum Gasteiger partial charge on any atom is 0.417 e. The number of imidazole rings is 1. The monoisotopic (exact) mass is 495 g/mol. The van der Waals surface area contributed by atoms with Gasteiger partial charge in [0.25, 0.3) is 0 Å². The molecule has 1 aliphatic rings. The standard InChI is InChI=1S/C24H25ClF3N3O3/c1-23(2,3)34-22(32)31(14-15-6-5-10-30-11-9-29-21(15)30)16-12-17(13-16)33-19-8-4-7-18(20(19)25)24(26,27)28/h4-11,16-17H,12-14H2,1-3H3/t16-,17+. The summed E-state index contributed by atoms with van der Waals surface area (Å²) in [4.78, 5) is 19.0. The van der Waals surface area contributed by atoms with E-state index in [2.05, 4.69) is 4.98 Å². The van der Waals surface area contributed by atoms with Crippen molar-refractivity contribution in [3.63, 3.8) is 0 Å². The molecule has 2 aromatic heterocycles. The van der Waals surface area contributed by atoms with Gasteiger partial charge in [0, 0.05) is 43.0 Å². The number of halogens is 4. The molecule has 0 N–H and O–H groups in total. The highest BCUT2D eigenvalue weighted by molar-refractivity contribution is 6.32. The number of benzene rings is 1. The van der Waals surface area contributed by atoms with Crippen LogP contribution in [-0.2, 0) is 17.5 Å². The quantitative estimate of drug-likeness (QED) is 0.413. The molecule has 0 bridgehead atoms. The summed E-state index contributed by atoms with van der Waals surface area (Å²) in [5, 5.41) is -0.464. The van der Waals surface area contributed by atoms with Crippen LogP contribution in [0.1, 0.15) is 44.7 Å². The van der Waals surface area contributed by atoms with Gasteiger partial charge in [0.1, 0.15) is 23.1 Å². The first kappa shape index (κ1) is 24.2. The van der Waals surface area contributed by atoms with Gasteiger partial charge in [-0.05, 0) is 39.0 Å². The Morgan fingerprint density at radius 2 is 1.91 bits per heavy atom. The highest BCUT2D eigenvalue weighted by Crippen LogP contribution is 2.41. The Bertz CT molecular complexity index is 1180. The summed E-state index contributed by atoms with van der Waals surface area (Å²) in [7, 11) is 0. The van der Waals surface area contributed by atoms with Gasteiger partial charge in [-0.25, -0.2) is 9.78 Å². The summed E-state index contributed by atoms with van der Waals surface area (Å²) >= 11 is 5.95. The summed E-state index contributed by atoms with van der Waals surface area (Å²) in [6.45, 7) is 5.65. The number of rotatable bonds is 5. The smallest absolute Gasteiger partial charge is 0.417 e. The molecule has 2 heterocycles. The van der Waals surface area contributed by atoms with Crippen LogP contribution in [0, 0.1) is 0 Å². The van der Waals surface area contributed by atoms with Crippen molar-refractivity contribution in [3.05, 3.63) is 65.1 Å². The molecule has 0 saturated heterocycles. The van der Waals surface area contributed by atoms with E-state index in [0.29, 0.717) is 12.8 Å². The first-order valence-electron chi connectivity index (χ1n) is 10.8. The molecular formula is C24H25ClF3N3O3. The summed E-state index contributed by atoms with van der Waals surface area (Å²) in [5.41, 5.74) is -0.0341. The van der Waals surface area contributed by atoms with E-state index in [4.69, 9.17) is 21.1 Å². The van der Waals surface area contributed by atoms with Crippen molar-refractivity contribution in [1.82, 2.24) is 14.3 Å². The largest absolute Gasteiger partial charge is 0.489 e. The average Bonchev–Trinajstić information content (AvgIpc) is 3.17. The molecular weight excluding hydrogens is 471 g/mol. The summed E-state index contributed by atoms with van der Waals surface area (Å²) < 4.78 is 52.7. The van der Waals surface area contributed by atoms with Crippen molar-refractivity contribution >= 4 is 23.3 Å². The Balaban J connectivity index is 1.50. The molecule has 0 unspecified atom stereocenters. The lowest BCUT2D eigenvalue weighted by atomic mass is 9.87. The van der Waals surface area contributed by atoms with Crippen LogP contribution in [0.3, 0.4) is 0 Å². The van der Waals surface area contributed by atoms with Crippen LogP contribution < -0.4 is 4.74 Å². The minimum Gasteiger partial charge on any atom is -0.489 e. The normalized spacial score (nSPS) is 18.4. The van der Waals surface area contributed by atoms with Crippen molar-refractivity contribution in [2.45, 2.75) is 64.1 Å². The van der Waals surface area contributed by atoms with Crippen LogP contribution in [0.5, 0.6) is 5.75 Å². The van der Waals surface area contributed by atoms with Gasteiger partial charge in [-0.1, -0.05) is 23.7 Å². The predicted octanol–water partition coefficient (Wildman–Crippen LogP) is 6.35. The molecule has 182 valence electrons. The van der Waals surface area contributed by atoms with E-state index in [1.54, 1.807) is 31.9 Å². The third-order valence-corrected chi connectivity index (χ3v) is 5.93. The summed E-state index contributed by atoms with van der Waals surface area (Å²) in [5.74, 6) is -0.0223. The molecule has 1 aliphatic carbocycles. The highest BCUT2D eigenvalue weighted by Gasteiger charge is 2.40. The Kier molecular flexibility index (Phi) is 6.42. The van der Waals surface area contributed by atoms with Crippen molar-refractivity contribution in [2.24, 2.45) is 0 Å². The Hall–Kier alpha value is -2.94. The van der Waals surface area contributed by atoms with Crippen LogP contribution >= 0.6 is 11.6 Å². The second kappa shape index (κ2) is 9.02. The molecule has 1 saturated carbocycles. The number of hydrogen-bond acceptors (Lipinski definition) is 4. The van der Waals surface area contributed by atoms with Gasteiger partial charge in [0.05, 0.1) is 17.1 Å². The number of fused-ring (bicyclic) bond motifs is 1. The van der Waals surface area contributed by atoms with Gasteiger partial charge in [0.2, 0.25) is 0 Å². The Morgan fingerprint density at radius 3 is 2.59 bits per heavy atom. The highest BCUT2D eigenvalue weighted by atomic mass is 35.5. The van der Waals surface area contributed by atoms with Gasteiger partial charge >= 0.3 is 12.3 Å². The molecule has 34 heavy (non-hydrogen) atoms. The Labute approximate surface area is 200 Å². The van der Waals surface area contributed by atoms with E-state index >= 15 is 0 Å². The van der Waals surface area contributed by atoms with Crippen LogP contribution in [0.4, 0.5) is 18.0 Å². The first-order chi connectivity index (χ1) is 15.9. The minimum atomic E-state index is -4.57. The number of carbonyl (C=O) groups is 1. The number of aromatic nitrogens is 2. The maximum atomic E-state index is 13.1. The van der Waals surface area contributed by atoms with Crippen molar-refractivity contribution < 1.29 is 27.4 Å². The number of amides is 1. The molecule has 3 aromatic rings. The number of carbonyl (C=O) groups excluding carboxylic acids is 1. The fraction of sp³-hybridized carbons (Fsp3) is 0.417. The lowest BCUT2D eigenvalue weighted by molar-refractivity contribution is -0.137. The maximum absolute atomic E-state index is 13.1. The second-order valence-corrected chi connectivity index (χ2v) is 9.66. The van der Waals surface area contributed by atoms with E-state index in [0.717, 1.165) is 17.3 Å². The fourth-order valence-corrected chi connectivity index (χ4v) is 4.15. The lowest BCUT2D eigenvalue weighted by Crippen LogP contribution is -2.52. The van der Waals surface area contributed by atoms with E-state index in [1.165, 1.54) is 12.1 Å². The molecule has 0 spiro atoms. The fourth-order valence-electron chi connectivity index (χ4n) is 3.87. The van der Waals surface area contributed by atoms with Gasteiger partial charge in [-0.3, -0.25) is 0 Å². The minimum absolute atomic E-state index is 0.0223. The Morgan fingerprint density at radius 1 is 1.18 bits per heavy atom. The zero-order chi connectivity index (χ0) is 24.7. The number of ether oxygens (including phenoxy) is 2. The number of pyridine rings is 1. The van der Waals surface area contributed by atoms with E-state index in [-0.39, 0.29) is 24.4 Å². The summed E-state index contributed by atoms with van der Waals surface area (Å²) in [6, 6.07) is 7.15. The topological polar surface area (TPSA) is 56.1 Å². The summed E-state index contributed by atoms with van der Waals surface area (Å²) in [6.07, 6.45) is 0.827. The van der Waals surface area contributed by atoms with Gasteiger partial charge in [0.15, 0.2) is 0 Å². The van der Waals surface area contributed by atoms with Crippen LogP contribution in [-0.4, -0.2) is 38.1 Å². The molecule has 4 rings (SSSR count). The predicted molar refractivity (Wildman–Crippen MR) is 121 cm³/mol. The first-order valence-corrected chi connectivity index (χ1v) is 11.2. The van der Waals surface area contributed by atoms with Crippen molar-refractivity contribution in [1.29, 1.82) is 0 Å². The van der Waals surface area contributed by atoms with Gasteiger partial charge in [-0.15, -0.1) is 0 Å².